The van der Waals surface area contributed by atoms with E-state index < -0.39 is 0 Å². The maximum atomic E-state index is 5.77. The number of piperidine rings is 1. The Morgan fingerprint density at radius 1 is 1.15 bits per heavy atom. The summed E-state index contributed by atoms with van der Waals surface area (Å²) in [5.74, 6) is 1.79. The quantitative estimate of drug-likeness (QED) is 0.719. The molecule has 0 saturated carbocycles. The lowest BCUT2D eigenvalue weighted by Crippen LogP contribution is -2.35. The molecule has 0 aromatic rings. The van der Waals surface area contributed by atoms with Crippen molar-refractivity contribution in [1.82, 2.24) is 4.90 Å². The second kappa shape index (κ2) is 9.04. The van der Waals surface area contributed by atoms with Gasteiger partial charge < -0.3 is 10.6 Å². The highest BCUT2D eigenvalue weighted by Crippen LogP contribution is 2.32. The highest BCUT2D eigenvalue weighted by Gasteiger charge is 2.24. The fraction of sp³-hybridized carbons (Fsp3) is 1.00. The van der Waals surface area contributed by atoms with E-state index in [1.165, 1.54) is 64.6 Å². The van der Waals surface area contributed by atoms with Crippen molar-refractivity contribution in [3.8, 4) is 0 Å². The maximum Gasteiger partial charge on any atom is -0.00161 e. The second-order valence-electron chi connectivity index (χ2n) is 7.86. The van der Waals surface area contributed by atoms with E-state index in [4.69, 9.17) is 5.73 Å². The molecule has 1 aliphatic heterocycles. The molecule has 2 nitrogen and oxygen atoms in total. The molecule has 20 heavy (non-hydrogen) atoms. The molecule has 2 heteroatoms. The zero-order valence-electron chi connectivity index (χ0n) is 14.5. The summed E-state index contributed by atoms with van der Waals surface area (Å²) in [6, 6.07) is 0. The molecule has 1 heterocycles. The first-order valence-electron chi connectivity index (χ1n) is 8.89. The van der Waals surface area contributed by atoms with E-state index in [1.807, 2.05) is 0 Å². The fourth-order valence-electron chi connectivity index (χ4n) is 3.68. The van der Waals surface area contributed by atoms with Crippen molar-refractivity contribution in [3.05, 3.63) is 0 Å². The Kier molecular flexibility index (Phi) is 8.13. The first-order chi connectivity index (χ1) is 9.47. The van der Waals surface area contributed by atoms with Gasteiger partial charge in [-0.1, -0.05) is 40.5 Å². The Labute approximate surface area is 127 Å². The molecule has 1 aliphatic rings. The summed E-state index contributed by atoms with van der Waals surface area (Å²) in [6.07, 6.45) is 9.53. The summed E-state index contributed by atoms with van der Waals surface area (Å²) in [7, 11) is 0. The van der Waals surface area contributed by atoms with Gasteiger partial charge >= 0.3 is 0 Å². The van der Waals surface area contributed by atoms with Gasteiger partial charge in [0.2, 0.25) is 0 Å². The summed E-state index contributed by atoms with van der Waals surface area (Å²) in [5.41, 5.74) is 6.18. The first kappa shape index (κ1) is 18.0. The Morgan fingerprint density at radius 3 is 2.30 bits per heavy atom. The van der Waals surface area contributed by atoms with E-state index in [1.54, 1.807) is 0 Å². The van der Waals surface area contributed by atoms with Gasteiger partial charge in [-0.3, -0.25) is 0 Å². The molecule has 120 valence electrons. The van der Waals surface area contributed by atoms with Crippen molar-refractivity contribution in [3.63, 3.8) is 0 Å². The average molecular weight is 283 g/mol. The molecular formula is C18H38N2. The molecule has 1 saturated heterocycles. The van der Waals surface area contributed by atoms with Crippen LogP contribution < -0.4 is 5.73 Å². The number of nitrogens with two attached hydrogens (primary N) is 1. The predicted molar refractivity (Wildman–Crippen MR) is 89.9 cm³/mol. The molecule has 1 rings (SSSR count). The summed E-state index contributed by atoms with van der Waals surface area (Å²) in [6.45, 7) is 14.2. The number of likely N-dealkylation sites (tertiary alicyclic amines) is 1. The van der Waals surface area contributed by atoms with Gasteiger partial charge in [-0.15, -0.1) is 0 Å². The number of hydrogen-bond donors (Lipinski definition) is 1. The van der Waals surface area contributed by atoms with Crippen molar-refractivity contribution < 1.29 is 0 Å². The predicted octanol–water partition coefficient (Wildman–Crippen LogP) is 4.29. The third kappa shape index (κ3) is 6.58. The van der Waals surface area contributed by atoms with Gasteiger partial charge in [-0.05, 0) is 75.5 Å². The van der Waals surface area contributed by atoms with Crippen LogP contribution in [0.15, 0.2) is 0 Å². The van der Waals surface area contributed by atoms with E-state index in [0.717, 1.165) is 18.4 Å². The van der Waals surface area contributed by atoms with Crippen molar-refractivity contribution in [2.24, 2.45) is 23.0 Å². The van der Waals surface area contributed by atoms with Gasteiger partial charge in [0.25, 0.3) is 0 Å². The van der Waals surface area contributed by atoms with E-state index in [0.29, 0.717) is 5.41 Å². The van der Waals surface area contributed by atoms with E-state index in [9.17, 15) is 0 Å². The van der Waals surface area contributed by atoms with Gasteiger partial charge in [0, 0.05) is 0 Å². The number of rotatable bonds is 8. The van der Waals surface area contributed by atoms with E-state index in [2.05, 4.69) is 32.6 Å². The fourth-order valence-corrected chi connectivity index (χ4v) is 3.68. The summed E-state index contributed by atoms with van der Waals surface area (Å²) in [5, 5.41) is 0. The van der Waals surface area contributed by atoms with Gasteiger partial charge in [-0.2, -0.15) is 0 Å². The van der Waals surface area contributed by atoms with Crippen molar-refractivity contribution >= 4 is 0 Å². The Morgan fingerprint density at radius 2 is 1.80 bits per heavy atom. The summed E-state index contributed by atoms with van der Waals surface area (Å²) in [4.78, 5) is 2.69. The van der Waals surface area contributed by atoms with E-state index >= 15 is 0 Å². The highest BCUT2D eigenvalue weighted by atomic mass is 15.1. The van der Waals surface area contributed by atoms with Crippen LogP contribution in [-0.2, 0) is 0 Å². The lowest BCUT2D eigenvalue weighted by atomic mass is 9.76. The molecule has 1 fully saturated rings. The van der Waals surface area contributed by atoms with Crippen LogP contribution in [0, 0.1) is 17.3 Å². The minimum absolute atomic E-state index is 0.410. The molecular weight excluding hydrogens is 244 g/mol. The van der Waals surface area contributed by atoms with Gasteiger partial charge in [0.1, 0.15) is 0 Å². The monoisotopic (exact) mass is 282 g/mol. The van der Waals surface area contributed by atoms with Crippen LogP contribution in [-0.4, -0.2) is 31.1 Å². The van der Waals surface area contributed by atoms with Crippen molar-refractivity contribution in [2.45, 2.75) is 72.6 Å². The summed E-state index contributed by atoms with van der Waals surface area (Å²) < 4.78 is 0. The second-order valence-corrected chi connectivity index (χ2v) is 7.86. The first-order valence-corrected chi connectivity index (χ1v) is 8.89. The molecule has 0 aromatic heterocycles. The third-order valence-corrected chi connectivity index (χ3v) is 5.17. The molecule has 0 spiro atoms. The Hall–Kier alpha value is -0.0800. The van der Waals surface area contributed by atoms with Crippen LogP contribution >= 0.6 is 0 Å². The molecule has 0 aliphatic carbocycles. The van der Waals surface area contributed by atoms with Crippen LogP contribution in [0.5, 0.6) is 0 Å². The van der Waals surface area contributed by atoms with Crippen molar-refractivity contribution in [1.29, 1.82) is 0 Å². The number of nitrogens with zero attached hydrogens (tertiary/aromatic N) is 1. The minimum Gasteiger partial charge on any atom is -0.330 e. The largest absolute Gasteiger partial charge is 0.330 e. The lowest BCUT2D eigenvalue weighted by Gasteiger charge is -2.34. The SMILES string of the molecule is CCCC1CCN(CCCC(CCN)C(C)(C)C)CC1. The molecule has 0 aromatic carbocycles. The standard InChI is InChI=1S/C18H38N2/c1-5-7-16-10-14-20(15-11-16)13-6-8-17(9-12-19)18(2,3)4/h16-17H,5-15,19H2,1-4H3. The molecule has 0 radical (unpaired) electrons. The number of hydrogen-bond acceptors (Lipinski definition) is 2. The van der Waals surface area contributed by atoms with E-state index in [-0.39, 0.29) is 0 Å². The lowest BCUT2D eigenvalue weighted by molar-refractivity contribution is 0.159. The topological polar surface area (TPSA) is 29.3 Å². The third-order valence-electron chi connectivity index (χ3n) is 5.17. The van der Waals surface area contributed by atoms with Gasteiger partial charge in [0.15, 0.2) is 0 Å². The van der Waals surface area contributed by atoms with Crippen molar-refractivity contribution in [2.75, 3.05) is 26.2 Å². The highest BCUT2D eigenvalue weighted by molar-refractivity contribution is 4.76. The minimum atomic E-state index is 0.410. The maximum absolute atomic E-state index is 5.77. The van der Waals surface area contributed by atoms with Crippen LogP contribution in [0.2, 0.25) is 0 Å². The van der Waals surface area contributed by atoms with Gasteiger partial charge in [0.05, 0.1) is 0 Å². The van der Waals surface area contributed by atoms with Crippen LogP contribution in [0.4, 0.5) is 0 Å². The average Bonchev–Trinajstić information content (AvgIpc) is 2.39. The Bertz CT molecular complexity index is 236. The molecule has 2 N–H and O–H groups in total. The van der Waals surface area contributed by atoms with Crippen LogP contribution in [0.1, 0.15) is 72.6 Å². The smallest absolute Gasteiger partial charge is 0.00161 e. The summed E-state index contributed by atoms with van der Waals surface area (Å²) >= 11 is 0. The van der Waals surface area contributed by atoms with Crippen LogP contribution in [0.25, 0.3) is 0 Å². The zero-order valence-corrected chi connectivity index (χ0v) is 14.5. The molecule has 0 amide bonds. The molecule has 1 unspecified atom stereocenters. The zero-order chi connectivity index (χ0) is 15.0. The van der Waals surface area contributed by atoms with Crippen LogP contribution in [0.3, 0.4) is 0 Å². The van der Waals surface area contributed by atoms with Gasteiger partial charge in [-0.25, -0.2) is 0 Å². The molecule has 0 bridgehead atoms. The Balaban J connectivity index is 2.20. The molecule has 1 atom stereocenters. The normalized spacial score (nSPS) is 20.2.